The van der Waals surface area contributed by atoms with Crippen molar-refractivity contribution in [1.82, 2.24) is 4.98 Å². The first-order valence-electron chi connectivity index (χ1n) is 7.13. The number of primary sulfonamides is 1. The third-order valence-electron chi connectivity index (χ3n) is 4.08. The maximum Gasteiger partial charge on any atom is 0.249 e. The fourth-order valence-corrected chi connectivity index (χ4v) is 4.99. The van der Waals surface area contributed by atoms with Gasteiger partial charge in [0.15, 0.2) is 9.34 Å². The Balaban J connectivity index is 1.89. The summed E-state index contributed by atoms with van der Waals surface area (Å²) in [5.41, 5.74) is -0.384. The number of rotatable bonds is 2. The first-order chi connectivity index (χ1) is 9.69. The van der Waals surface area contributed by atoms with Crippen LogP contribution in [0.5, 0.6) is 0 Å². The van der Waals surface area contributed by atoms with Gasteiger partial charge in [0.05, 0.1) is 17.4 Å². The van der Waals surface area contributed by atoms with Crippen LogP contribution in [0.25, 0.3) is 0 Å². The van der Waals surface area contributed by atoms with E-state index >= 15 is 0 Å². The Hall–Kier alpha value is -0.700. The molecular formula is C13H21N3O3S2. The van der Waals surface area contributed by atoms with E-state index in [1.165, 1.54) is 19.0 Å². The van der Waals surface area contributed by atoms with Crippen molar-refractivity contribution in [3.05, 3.63) is 6.20 Å². The molecule has 1 aliphatic heterocycles. The molecule has 1 spiro atoms. The van der Waals surface area contributed by atoms with Crippen LogP contribution in [-0.2, 0) is 14.8 Å². The molecule has 0 amide bonds. The minimum absolute atomic E-state index is 0.113. The van der Waals surface area contributed by atoms with Gasteiger partial charge in [-0.05, 0) is 26.7 Å². The van der Waals surface area contributed by atoms with Crippen LogP contribution < -0.4 is 10.0 Å². The van der Waals surface area contributed by atoms with Gasteiger partial charge in [0.25, 0.3) is 0 Å². The van der Waals surface area contributed by atoms with Crippen molar-refractivity contribution < 1.29 is 13.2 Å². The summed E-state index contributed by atoms with van der Waals surface area (Å²) in [6.45, 7) is 5.63. The van der Waals surface area contributed by atoms with Crippen molar-refractivity contribution in [3.8, 4) is 0 Å². The van der Waals surface area contributed by atoms with E-state index < -0.39 is 10.0 Å². The summed E-state index contributed by atoms with van der Waals surface area (Å²) in [4.78, 5) is 6.40. The Morgan fingerprint density at radius 3 is 2.57 bits per heavy atom. The number of hydrogen-bond donors (Lipinski definition) is 1. The van der Waals surface area contributed by atoms with Crippen LogP contribution in [0, 0.1) is 0 Å². The normalized spacial score (nSPS) is 24.6. The minimum Gasteiger partial charge on any atom is -0.365 e. The van der Waals surface area contributed by atoms with Crippen LogP contribution in [0.4, 0.5) is 5.13 Å². The number of nitrogens with zero attached hydrogens (tertiary/aromatic N) is 2. The molecule has 2 fully saturated rings. The number of morpholine rings is 1. The number of nitrogens with two attached hydrogens (primary N) is 1. The minimum atomic E-state index is -3.68. The predicted octanol–water partition coefficient (Wildman–Crippen LogP) is 1.72. The Morgan fingerprint density at radius 1 is 1.33 bits per heavy atom. The van der Waals surface area contributed by atoms with Crippen LogP contribution in [0.15, 0.2) is 10.4 Å². The lowest BCUT2D eigenvalue weighted by atomic mass is 9.94. The zero-order chi connectivity index (χ0) is 15.3. The molecule has 0 unspecified atom stereocenters. The second-order valence-electron chi connectivity index (χ2n) is 6.61. The molecule has 1 aliphatic carbocycles. The Morgan fingerprint density at radius 2 is 2.00 bits per heavy atom. The van der Waals surface area contributed by atoms with Crippen molar-refractivity contribution in [2.24, 2.45) is 5.14 Å². The lowest BCUT2D eigenvalue weighted by Crippen LogP contribution is -2.58. The van der Waals surface area contributed by atoms with Crippen molar-refractivity contribution in [2.45, 2.75) is 54.9 Å². The zero-order valence-corrected chi connectivity index (χ0v) is 14.0. The second-order valence-corrected chi connectivity index (χ2v) is 9.41. The van der Waals surface area contributed by atoms with Gasteiger partial charge in [-0.2, -0.15) is 0 Å². The van der Waals surface area contributed by atoms with E-state index in [2.05, 4.69) is 23.7 Å². The van der Waals surface area contributed by atoms with Gasteiger partial charge < -0.3 is 9.64 Å². The summed E-state index contributed by atoms with van der Waals surface area (Å²) in [6.07, 6.45) is 5.83. The maximum absolute atomic E-state index is 11.4. The number of ether oxygens (including phenoxy) is 1. The van der Waals surface area contributed by atoms with E-state index in [0.29, 0.717) is 11.7 Å². The Bertz CT molecular complexity index is 633. The third kappa shape index (κ3) is 3.08. The summed E-state index contributed by atoms with van der Waals surface area (Å²) < 4.78 is 29.3. The summed E-state index contributed by atoms with van der Waals surface area (Å²) in [7, 11) is -3.68. The van der Waals surface area contributed by atoms with Gasteiger partial charge in [0, 0.05) is 13.1 Å². The highest BCUT2D eigenvalue weighted by molar-refractivity contribution is 7.91. The largest absolute Gasteiger partial charge is 0.365 e. The summed E-state index contributed by atoms with van der Waals surface area (Å²) >= 11 is 1.14. The first-order valence-corrected chi connectivity index (χ1v) is 9.49. The molecule has 0 radical (unpaired) electrons. The molecule has 1 aromatic rings. The molecule has 8 heteroatoms. The maximum atomic E-state index is 11.4. The van der Waals surface area contributed by atoms with Crippen molar-refractivity contribution in [3.63, 3.8) is 0 Å². The van der Waals surface area contributed by atoms with E-state index in [4.69, 9.17) is 9.88 Å². The van der Waals surface area contributed by atoms with Crippen molar-refractivity contribution in [2.75, 3.05) is 18.0 Å². The van der Waals surface area contributed by atoms with Gasteiger partial charge in [-0.15, -0.1) is 0 Å². The van der Waals surface area contributed by atoms with E-state index in [9.17, 15) is 8.42 Å². The topological polar surface area (TPSA) is 85.5 Å². The van der Waals surface area contributed by atoms with Crippen LogP contribution in [-0.4, -0.2) is 37.7 Å². The summed E-state index contributed by atoms with van der Waals surface area (Å²) in [5.74, 6) is 0. The molecule has 0 atom stereocenters. The molecule has 2 aliphatic rings. The standard InChI is InChI=1S/C13H21N3O3S2/c1-12(2)8-16(9-13(19-12)5-3-4-6-13)11-15-7-10(20-11)21(14,17)18/h7H,3-6,8-9H2,1-2H3,(H2,14,17,18). The van der Waals surface area contributed by atoms with Gasteiger partial charge in [-0.3, -0.25) is 0 Å². The monoisotopic (exact) mass is 331 g/mol. The number of thiazole rings is 1. The average Bonchev–Trinajstić information content (AvgIpc) is 2.94. The summed E-state index contributed by atoms with van der Waals surface area (Å²) in [5, 5.41) is 5.88. The fraction of sp³-hybridized carbons (Fsp3) is 0.769. The average molecular weight is 331 g/mol. The first kappa shape index (κ1) is 15.2. The van der Waals surface area contributed by atoms with E-state index in [1.54, 1.807) is 0 Å². The molecule has 118 valence electrons. The highest BCUT2D eigenvalue weighted by Crippen LogP contribution is 2.42. The van der Waals surface area contributed by atoms with Crippen LogP contribution in [0.1, 0.15) is 39.5 Å². The van der Waals surface area contributed by atoms with E-state index in [1.807, 2.05) is 0 Å². The van der Waals surface area contributed by atoms with Crippen LogP contribution in [0.2, 0.25) is 0 Å². The van der Waals surface area contributed by atoms with Crippen molar-refractivity contribution in [1.29, 1.82) is 0 Å². The second kappa shape index (κ2) is 4.91. The fourth-order valence-electron chi connectivity index (χ4n) is 3.46. The quantitative estimate of drug-likeness (QED) is 0.892. The number of sulfonamides is 1. The Labute approximate surface area is 129 Å². The third-order valence-corrected chi connectivity index (χ3v) is 6.55. The smallest absolute Gasteiger partial charge is 0.249 e. The van der Waals surface area contributed by atoms with Gasteiger partial charge in [0.1, 0.15) is 0 Å². The zero-order valence-electron chi connectivity index (χ0n) is 12.3. The van der Waals surface area contributed by atoms with Crippen molar-refractivity contribution >= 4 is 26.5 Å². The number of hydrogen-bond acceptors (Lipinski definition) is 6. The van der Waals surface area contributed by atoms with Crippen LogP contribution in [0.3, 0.4) is 0 Å². The molecule has 0 aromatic carbocycles. The molecule has 0 bridgehead atoms. The highest BCUT2D eigenvalue weighted by atomic mass is 32.2. The number of anilines is 1. The summed E-state index contributed by atoms with van der Waals surface area (Å²) in [6, 6.07) is 0. The lowest BCUT2D eigenvalue weighted by Gasteiger charge is -2.48. The molecular weight excluding hydrogens is 310 g/mol. The van der Waals surface area contributed by atoms with Gasteiger partial charge in [0.2, 0.25) is 10.0 Å². The molecule has 6 nitrogen and oxygen atoms in total. The molecule has 1 saturated heterocycles. The lowest BCUT2D eigenvalue weighted by molar-refractivity contribution is -0.148. The Kier molecular flexibility index (Phi) is 3.55. The van der Waals surface area contributed by atoms with Gasteiger partial charge in [-0.25, -0.2) is 18.5 Å². The number of aromatic nitrogens is 1. The molecule has 2 N–H and O–H groups in total. The molecule has 2 heterocycles. The van der Waals surface area contributed by atoms with Crippen LogP contribution >= 0.6 is 11.3 Å². The molecule has 1 aromatic heterocycles. The molecule has 3 rings (SSSR count). The highest BCUT2D eigenvalue weighted by Gasteiger charge is 2.46. The molecule has 1 saturated carbocycles. The molecule has 21 heavy (non-hydrogen) atoms. The van der Waals surface area contributed by atoms with E-state index in [-0.39, 0.29) is 15.4 Å². The van der Waals surface area contributed by atoms with Gasteiger partial charge >= 0.3 is 0 Å². The van der Waals surface area contributed by atoms with Gasteiger partial charge in [-0.1, -0.05) is 24.2 Å². The van der Waals surface area contributed by atoms with E-state index in [0.717, 1.165) is 30.7 Å². The SMILES string of the molecule is CC1(C)CN(c2ncc(S(N)(=O)=O)s2)CC2(CCCC2)O1. The predicted molar refractivity (Wildman–Crippen MR) is 82.1 cm³/mol.